The molecule has 0 atom stereocenters. The van der Waals surface area contributed by atoms with Crippen LogP contribution in [-0.4, -0.2) is 21.4 Å². The highest BCUT2D eigenvalue weighted by atomic mass is 16.4. The van der Waals surface area contributed by atoms with E-state index in [4.69, 9.17) is 9.40 Å². The summed E-state index contributed by atoms with van der Waals surface area (Å²) in [5, 5.41) is 2.91. The van der Waals surface area contributed by atoms with Gasteiger partial charge in [0.25, 0.3) is 6.01 Å². The minimum Gasteiger partial charge on any atom is -0.424 e. The molecule has 0 aliphatic carbocycles. The van der Waals surface area contributed by atoms with Crippen LogP contribution in [0.5, 0.6) is 0 Å². The van der Waals surface area contributed by atoms with E-state index in [-0.39, 0.29) is 0 Å². The summed E-state index contributed by atoms with van der Waals surface area (Å²) < 4.78 is 7.63. The van der Waals surface area contributed by atoms with Crippen LogP contribution in [0.2, 0.25) is 0 Å². The molecule has 0 amide bonds. The summed E-state index contributed by atoms with van der Waals surface area (Å²) >= 11 is 0. The SMILES string of the molecule is CNc1nc2cc(-c3nc4ccccn4c3C)ccc2o1. The monoisotopic (exact) mass is 278 g/mol. The third-order valence-corrected chi connectivity index (χ3v) is 3.64. The predicted octanol–water partition coefficient (Wildman–Crippen LogP) is 3.49. The van der Waals surface area contributed by atoms with Crippen LogP contribution < -0.4 is 5.32 Å². The molecule has 3 heterocycles. The number of hydrogen-bond donors (Lipinski definition) is 1. The molecule has 1 N–H and O–H groups in total. The van der Waals surface area contributed by atoms with Gasteiger partial charge in [0.1, 0.15) is 11.2 Å². The zero-order valence-corrected chi connectivity index (χ0v) is 11.8. The number of imidazole rings is 1. The summed E-state index contributed by atoms with van der Waals surface area (Å²) in [4.78, 5) is 9.09. The Morgan fingerprint density at radius 3 is 2.86 bits per heavy atom. The molecule has 0 fully saturated rings. The third-order valence-electron chi connectivity index (χ3n) is 3.64. The molecule has 1 aromatic carbocycles. The van der Waals surface area contributed by atoms with Crippen molar-refractivity contribution in [3.63, 3.8) is 0 Å². The average Bonchev–Trinajstić information content (AvgIpc) is 3.08. The zero-order chi connectivity index (χ0) is 14.4. The van der Waals surface area contributed by atoms with Crippen molar-refractivity contribution in [2.45, 2.75) is 6.92 Å². The van der Waals surface area contributed by atoms with E-state index in [9.17, 15) is 0 Å². The quantitative estimate of drug-likeness (QED) is 0.610. The number of hydrogen-bond acceptors (Lipinski definition) is 4. The van der Waals surface area contributed by atoms with Gasteiger partial charge < -0.3 is 14.1 Å². The van der Waals surface area contributed by atoms with Gasteiger partial charge >= 0.3 is 0 Å². The molecular formula is C16H14N4O. The Hall–Kier alpha value is -2.82. The first-order chi connectivity index (χ1) is 10.3. The van der Waals surface area contributed by atoms with E-state index in [1.54, 1.807) is 7.05 Å². The zero-order valence-electron chi connectivity index (χ0n) is 11.8. The second kappa shape index (κ2) is 4.34. The lowest BCUT2D eigenvalue weighted by Gasteiger charge is -1.99. The summed E-state index contributed by atoms with van der Waals surface area (Å²) in [6, 6.07) is 12.5. The molecule has 0 aliphatic rings. The smallest absolute Gasteiger partial charge is 0.295 e. The molecule has 0 aliphatic heterocycles. The van der Waals surface area contributed by atoms with Gasteiger partial charge in [0.15, 0.2) is 5.58 Å². The molecule has 0 unspecified atom stereocenters. The minimum atomic E-state index is 0.522. The van der Waals surface area contributed by atoms with E-state index < -0.39 is 0 Å². The van der Waals surface area contributed by atoms with Crippen molar-refractivity contribution in [3.8, 4) is 11.3 Å². The van der Waals surface area contributed by atoms with Crippen LogP contribution in [0.1, 0.15) is 5.69 Å². The molecule has 0 spiro atoms. The number of oxazole rings is 1. The second-order valence-corrected chi connectivity index (χ2v) is 4.93. The van der Waals surface area contributed by atoms with Gasteiger partial charge in [-0.25, -0.2) is 4.98 Å². The molecule has 4 aromatic rings. The number of anilines is 1. The van der Waals surface area contributed by atoms with Gasteiger partial charge in [-0.3, -0.25) is 0 Å². The van der Waals surface area contributed by atoms with Crippen LogP contribution in [0.25, 0.3) is 28.0 Å². The average molecular weight is 278 g/mol. The van der Waals surface area contributed by atoms with Crippen molar-refractivity contribution >= 4 is 22.8 Å². The first-order valence-corrected chi connectivity index (χ1v) is 6.78. The van der Waals surface area contributed by atoms with E-state index in [0.717, 1.165) is 33.7 Å². The number of pyridine rings is 1. The summed E-state index contributed by atoms with van der Waals surface area (Å²) in [5.74, 6) is 0. The van der Waals surface area contributed by atoms with Gasteiger partial charge in [-0.1, -0.05) is 6.07 Å². The highest BCUT2D eigenvalue weighted by Gasteiger charge is 2.12. The van der Waals surface area contributed by atoms with E-state index in [0.29, 0.717) is 6.01 Å². The van der Waals surface area contributed by atoms with Gasteiger partial charge in [0.2, 0.25) is 0 Å². The fraction of sp³-hybridized carbons (Fsp3) is 0.125. The van der Waals surface area contributed by atoms with E-state index in [2.05, 4.69) is 21.6 Å². The summed E-state index contributed by atoms with van der Waals surface area (Å²) in [6.45, 7) is 2.07. The maximum absolute atomic E-state index is 5.55. The molecule has 3 aromatic heterocycles. The fourth-order valence-corrected chi connectivity index (χ4v) is 2.57. The van der Waals surface area contributed by atoms with E-state index in [1.165, 1.54) is 0 Å². The number of benzene rings is 1. The van der Waals surface area contributed by atoms with Crippen LogP contribution in [0, 0.1) is 6.92 Å². The number of fused-ring (bicyclic) bond motifs is 2. The third kappa shape index (κ3) is 1.78. The Labute approximate surface area is 121 Å². The Bertz CT molecular complexity index is 951. The maximum Gasteiger partial charge on any atom is 0.295 e. The largest absolute Gasteiger partial charge is 0.424 e. The number of aromatic nitrogens is 3. The van der Waals surface area contributed by atoms with Crippen molar-refractivity contribution in [2.24, 2.45) is 0 Å². The van der Waals surface area contributed by atoms with Gasteiger partial charge in [-0.05, 0) is 37.3 Å². The molecule has 4 rings (SSSR count). The minimum absolute atomic E-state index is 0.522. The first kappa shape index (κ1) is 12.0. The maximum atomic E-state index is 5.55. The van der Waals surface area contributed by atoms with Gasteiger partial charge in [-0.15, -0.1) is 0 Å². The summed E-state index contributed by atoms with van der Waals surface area (Å²) in [7, 11) is 1.79. The first-order valence-electron chi connectivity index (χ1n) is 6.78. The number of rotatable bonds is 2. The summed E-state index contributed by atoms with van der Waals surface area (Å²) in [6.07, 6.45) is 2.02. The van der Waals surface area contributed by atoms with Crippen LogP contribution in [-0.2, 0) is 0 Å². The van der Waals surface area contributed by atoms with Gasteiger partial charge in [0, 0.05) is 24.5 Å². The molecule has 5 heteroatoms. The molecular weight excluding hydrogens is 264 g/mol. The standard InChI is InChI=1S/C16H14N4O/c1-10-15(19-14-5-3-4-8-20(10)14)11-6-7-13-12(9-11)18-16(17-2)21-13/h3-9H,1-2H3,(H,17,18). The number of nitrogens with zero attached hydrogens (tertiary/aromatic N) is 3. The van der Waals surface area contributed by atoms with Crippen molar-refractivity contribution in [1.29, 1.82) is 0 Å². The Kier molecular flexibility index (Phi) is 2.47. The molecule has 5 nitrogen and oxygen atoms in total. The van der Waals surface area contributed by atoms with Crippen LogP contribution in [0.3, 0.4) is 0 Å². The van der Waals surface area contributed by atoms with E-state index in [1.807, 2.05) is 42.6 Å². The van der Waals surface area contributed by atoms with Crippen molar-refractivity contribution in [3.05, 3.63) is 48.3 Å². The summed E-state index contributed by atoms with van der Waals surface area (Å²) in [5.41, 5.74) is 5.66. The highest BCUT2D eigenvalue weighted by molar-refractivity contribution is 5.81. The van der Waals surface area contributed by atoms with E-state index >= 15 is 0 Å². The normalized spacial score (nSPS) is 11.3. The van der Waals surface area contributed by atoms with Crippen LogP contribution in [0.4, 0.5) is 6.01 Å². The molecule has 104 valence electrons. The van der Waals surface area contributed by atoms with Gasteiger partial charge in [0.05, 0.1) is 5.69 Å². The van der Waals surface area contributed by atoms with Crippen molar-refractivity contribution in [2.75, 3.05) is 12.4 Å². The number of aryl methyl sites for hydroxylation is 1. The topological polar surface area (TPSA) is 55.4 Å². The fourth-order valence-electron chi connectivity index (χ4n) is 2.57. The molecule has 0 saturated carbocycles. The van der Waals surface area contributed by atoms with Crippen LogP contribution in [0.15, 0.2) is 47.0 Å². The number of nitrogens with one attached hydrogen (secondary N) is 1. The lowest BCUT2D eigenvalue weighted by atomic mass is 10.1. The molecule has 0 saturated heterocycles. The second-order valence-electron chi connectivity index (χ2n) is 4.93. The Balaban J connectivity index is 1.93. The lowest BCUT2D eigenvalue weighted by molar-refractivity contribution is 0.620. The van der Waals surface area contributed by atoms with Crippen molar-refractivity contribution in [1.82, 2.24) is 14.4 Å². The lowest BCUT2D eigenvalue weighted by Crippen LogP contribution is -1.86. The van der Waals surface area contributed by atoms with Crippen LogP contribution >= 0.6 is 0 Å². The molecule has 0 bridgehead atoms. The van der Waals surface area contributed by atoms with Crippen molar-refractivity contribution < 1.29 is 4.42 Å². The van der Waals surface area contributed by atoms with Gasteiger partial charge in [-0.2, -0.15) is 4.98 Å². The predicted molar refractivity (Wildman–Crippen MR) is 82.5 cm³/mol. The molecule has 21 heavy (non-hydrogen) atoms. The Morgan fingerprint density at radius 2 is 2.05 bits per heavy atom. The molecule has 0 radical (unpaired) electrons. The highest BCUT2D eigenvalue weighted by Crippen LogP contribution is 2.28. The Morgan fingerprint density at radius 1 is 1.14 bits per heavy atom.